The lowest BCUT2D eigenvalue weighted by Crippen LogP contribution is -2.35. The zero-order chi connectivity index (χ0) is 24.7. The third-order valence-corrected chi connectivity index (χ3v) is 6.83. The zero-order valence-electron chi connectivity index (χ0n) is 19.6. The molecular weight excluding hydrogens is 517 g/mol. The summed E-state index contributed by atoms with van der Waals surface area (Å²) in [7, 11) is 0. The highest BCUT2D eigenvalue weighted by molar-refractivity contribution is 7.99. The summed E-state index contributed by atoms with van der Waals surface area (Å²) in [5.41, 5.74) is -0.540. The van der Waals surface area contributed by atoms with Crippen molar-refractivity contribution in [3.8, 4) is 5.75 Å². The van der Waals surface area contributed by atoms with Crippen LogP contribution in [-0.2, 0) is 17.5 Å². The molecule has 0 spiro atoms. The normalized spacial score (nSPS) is 14.5. The molecule has 6 nitrogen and oxygen atoms in total. The molecule has 0 bridgehead atoms. The predicted octanol–water partition coefficient (Wildman–Crippen LogP) is 5.80. The molecule has 196 valence electrons. The second kappa shape index (κ2) is 13.3. The molecule has 1 aliphatic rings. The van der Waals surface area contributed by atoms with Crippen molar-refractivity contribution in [3.63, 3.8) is 0 Å². The molecule has 0 N–H and O–H groups in total. The molecule has 0 aliphatic carbocycles. The van der Waals surface area contributed by atoms with Crippen LogP contribution in [0.1, 0.15) is 30.6 Å². The molecule has 1 aliphatic heterocycles. The van der Waals surface area contributed by atoms with Crippen molar-refractivity contribution >= 4 is 35.1 Å². The highest BCUT2D eigenvalue weighted by Crippen LogP contribution is 2.34. The molecule has 36 heavy (non-hydrogen) atoms. The molecule has 0 atom stereocenters. The van der Waals surface area contributed by atoms with E-state index in [9.17, 15) is 18.0 Å². The summed E-state index contributed by atoms with van der Waals surface area (Å²) in [6.45, 7) is 3.99. The van der Waals surface area contributed by atoms with Gasteiger partial charge in [-0.1, -0.05) is 6.07 Å². The Morgan fingerprint density at radius 2 is 1.89 bits per heavy atom. The maximum Gasteiger partial charge on any atom is 0.416 e. The third kappa shape index (κ3) is 7.86. The molecule has 1 fully saturated rings. The van der Waals surface area contributed by atoms with Crippen LogP contribution >= 0.6 is 24.2 Å². The number of rotatable bonds is 10. The van der Waals surface area contributed by atoms with Crippen LogP contribution in [0.5, 0.6) is 5.75 Å². The van der Waals surface area contributed by atoms with Crippen LogP contribution in [0.3, 0.4) is 0 Å². The fourth-order valence-electron chi connectivity index (χ4n) is 3.78. The lowest BCUT2D eigenvalue weighted by molar-refractivity contribution is -0.137. The number of pyridine rings is 1. The first-order valence-corrected chi connectivity index (χ1v) is 12.5. The summed E-state index contributed by atoms with van der Waals surface area (Å²) in [4.78, 5) is 19.5. The van der Waals surface area contributed by atoms with Crippen molar-refractivity contribution in [2.75, 3.05) is 38.7 Å². The number of hydrogen-bond acceptors (Lipinski definition) is 7. The summed E-state index contributed by atoms with van der Waals surface area (Å²) < 4.78 is 55.3. The van der Waals surface area contributed by atoms with Crippen molar-refractivity contribution < 1.29 is 27.1 Å². The maximum atomic E-state index is 12.9. The summed E-state index contributed by atoms with van der Waals surface area (Å²) in [5.74, 6) is 1.64. The molecular formula is C25H28ClF3N2O4S. The van der Waals surface area contributed by atoms with E-state index < -0.39 is 11.7 Å². The lowest BCUT2D eigenvalue weighted by atomic mass is 10.1. The summed E-state index contributed by atoms with van der Waals surface area (Å²) in [5, 5.41) is 0.720. The van der Waals surface area contributed by atoms with Gasteiger partial charge in [-0.2, -0.15) is 13.2 Å². The van der Waals surface area contributed by atoms with E-state index in [0.29, 0.717) is 37.6 Å². The van der Waals surface area contributed by atoms with Crippen molar-refractivity contribution in [2.24, 2.45) is 0 Å². The standard InChI is InChI=1S/C25H27F3N2O4S.ClH/c26-25(27,28)18-4-5-20-21(14-18)29-7-6-24(20)35-13-3-1-2-10-33-23-17-34-19(15-22(23)31)16-30-8-11-32-12-9-30;/h4-7,14-15,17H,1-3,8-13,16H2;1H. The lowest BCUT2D eigenvalue weighted by Gasteiger charge is -2.25. The summed E-state index contributed by atoms with van der Waals surface area (Å²) in [6, 6.07) is 6.97. The number of hydrogen-bond donors (Lipinski definition) is 0. The Morgan fingerprint density at radius 1 is 1.08 bits per heavy atom. The Hall–Kier alpha value is -2.27. The van der Waals surface area contributed by atoms with E-state index in [-0.39, 0.29) is 23.6 Å². The number of morpholine rings is 1. The van der Waals surface area contributed by atoms with Gasteiger partial charge in [0.2, 0.25) is 11.2 Å². The van der Waals surface area contributed by atoms with Crippen LogP contribution in [0.2, 0.25) is 0 Å². The van der Waals surface area contributed by atoms with Gasteiger partial charge < -0.3 is 13.9 Å². The minimum atomic E-state index is -4.38. The number of unbranched alkanes of at least 4 members (excludes halogenated alkanes) is 2. The van der Waals surface area contributed by atoms with E-state index >= 15 is 0 Å². The van der Waals surface area contributed by atoms with Gasteiger partial charge in [0.25, 0.3) is 0 Å². The van der Waals surface area contributed by atoms with Gasteiger partial charge in [-0.15, -0.1) is 24.2 Å². The molecule has 11 heteroatoms. The van der Waals surface area contributed by atoms with Gasteiger partial charge in [0.15, 0.2) is 0 Å². The van der Waals surface area contributed by atoms with E-state index in [0.717, 1.165) is 60.5 Å². The Labute approximate surface area is 217 Å². The van der Waals surface area contributed by atoms with Crippen molar-refractivity contribution in [3.05, 3.63) is 64.3 Å². The number of fused-ring (bicyclic) bond motifs is 1. The van der Waals surface area contributed by atoms with E-state index in [4.69, 9.17) is 13.9 Å². The molecule has 1 aromatic carbocycles. The van der Waals surface area contributed by atoms with E-state index in [1.807, 2.05) is 6.07 Å². The SMILES string of the molecule is Cl.O=c1cc(CN2CCOCC2)occ1OCCCCCSc1ccnc2cc(C(F)(F)F)ccc12. The van der Waals surface area contributed by atoms with Gasteiger partial charge in [0, 0.05) is 35.6 Å². The molecule has 0 saturated carbocycles. The third-order valence-electron chi connectivity index (χ3n) is 5.67. The highest BCUT2D eigenvalue weighted by Gasteiger charge is 2.30. The number of nitrogens with zero attached hydrogens (tertiary/aromatic N) is 2. The van der Waals surface area contributed by atoms with Crippen LogP contribution in [0.4, 0.5) is 13.2 Å². The maximum absolute atomic E-state index is 12.9. The van der Waals surface area contributed by atoms with Gasteiger partial charge >= 0.3 is 6.18 Å². The fraction of sp³-hybridized carbons (Fsp3) is 0.440. The summed E-state index contributed by atoms with van der Waals surface area (Å²) in [6.07, 6.45) is 1.12. The Balaban J connectivity index is 0.00000361. The van der Waals surface area contributed by atoms with Crippen LogP contribution in [-0.4, -0.2) is 48.5 Å². The topological polar surface area (TPSA) is 64.8 Å². The van der Waals surface area contributed by atoms with Crippen LogP contribution in [0, 0.1) is 0 Å². The predicted molar refractivity (Wildman–Crippen MR) is 135 cm³/mol. The highest BCUT2D eigenvalue weighted by atomic mass is 35.5. The second-order valence-corrected chi connectivity index (χ2v) is 9.40. The number of benzene rings is 1. The van der Waals surface area contributed by atoms with Crippen molar-refractivity contribution in [1.29, 1.82) is 0 Å². The Morgan fingerprint density at radius 3 is 2.64 bits per heavy atom. The molecule has 0 unspecified atom stereocenters. The second-order valence-electron chi connectivity index (χ2n) is 8.26. The number of aromatic nitrogens is 1. The van der Waals surface area contributed by atoms with Gasteiger partial charge in [-0.3, -0.25) is 14.7 Å². The molecule has 3 aromatic rings. The first-order valence-electron chi connectivity index (χ1n) is 11.5. The average Bonchev–Trinajstić information content (AvgIpc) is 2.84. The average molecular weight is 545 g/mol. The van der Waals surface area contributed by atoms with Crippen LogP contribution in [0.15, 0.2) is 56.9 Å². The number of alkyl halides is 3. The number of thioether (sulfide) groups is 1. The quantitative estimate of drug-likeness (QED) is 0.236. The molecule has 1 saturated heterocycles. The molecule has 2 aromatic heterocycles. The molecule has 3 heterocycles. The van der Waals surface area contributed by atoms with Crippen LogP contribution in [0.25, 0.3) is 10.9 Å². The zero-order valence-corrected chi connectivity index (χ0v) is 21.2. The summed E-state index contributed by atoms with van der Waals surface area (Å²) >= 11 is 1.60. The van der Waals surface area contributed by atoms with Crippen molar-refractivity contribution in [1.82, 2.24) is 9.88 Å². The largest absolute Gasteiger partial charge is 0.487 e. The van der Waals surface area contributed by atoms with E-state index in [2.05, 4.69) is 9.88 Å². The van der Waals surface area contributed by atoms with Gasteiger partial charge in [-0.25, -0.2) is 0 Å². The van der Waals surface area contributed by atoms with Gasteiger partial charge in [-0.05, 0) is 43.2 Å². The monoisotopic (exact) mass is 544 g/mol. The number of ether oxygens (including phenoxy) is 2. The van der Waals surface area contributed by atoms with Gasteiger partial charge in [0.1, 0.15) is 12.0 Å². The van der Waals surface area contributed by atoms with E-state index in [1.165, 1.54) is 24.6 Å². The Kier molecular flexibility index (Phi) is 10.5. The molecule has 4 rings (SSSR count). The fourth-order valence-corrected chi connectivity index (χ4v) is 4.83. The smallest absolute Gasteiger partial charge is 0.416 e. The minimum absolute atomic E-state index is 0. The first kappa shape index (κ1) is 28.3. The first-order chi connectivity index (χ1) is 16.9. The van der Waals surface area contributed by atoms with E-state index in [1.54, 1.807) is 11.8 Å². The minimum Gasteiger partial charge on any atom is -0.487 e. The Bertz CT molecular complexity index is 1190. The van der Waals surface area contributed by atoms with Crippen molar-refractivity contribution in [2.45, 2.75) is 36.9 Å². The number of halogens is 4. The molecule has 0 amide bonds. The molecule has 0 radical (unpaired) electrons. The van der Waals surface area contributed by atoms with Crippen LogP contribution < -0.4 is 10.2 Å². The van der Waals surface area contributed by atoms with Gasteiger partial charge in [0.05, 0.1) is 37.4 Å².